The summed E-state index contributed by atoms with van der Waals surface area (Å²) in [5.41, 5.74) is 2.34. The van der Waals surface area contributed by atoms with Gasteiger partial charge in [0.15, 0.2) is 0 Å². The highest BCUT2D eigenvalue weighted by Crippen LogP contribution is 2.27. The van der Waals surface area contributed by atoms with Crippen LogP contribution in [0.25, 0.3) is 0 Å². The first-order valence-electron chi connectivity index (χ1n) is 9.64. The zero-order valence-electron chi connectivity index (χ0n) is 16.7. The number of morpholine rings is 1. The number of esters is 1. The molecule has 0 radical (unpaired) electrons. The first-order chi connectivity index (χ1) is 13.9. The highest BCUT2D eigenvalue weighted by Gasteiger charge is 2.22. The summed E-state index contributed by atoms with van der Waals surface area (Å²) in [5, 5.41) is 0. The van der Waals surface area contributed by atoms with Crippen molar-refractivity contribution in [3.05, 3.63) is 53.6 Å². The second-order valence-electron chi connectivity index (χ2n) is 6.89. The Hall–Kier alpha value is -2.58. The van der Waals surface area contributed by atoms with Gasteiger partial charge < -0.3 is 14.4 Å². The molecule has 8 heteroatoms. The summed E-state index contributed by atoms with van der Waals surface area (Å²) in [6.07, 6.45) is 0.707. The number of sulfonamides is 1. The Kier molecular flexibility index (Phi) is 6.76. The number of ether oxygens (including phenoxy) is 2. The topological polar surface area (TPSA) is 84.9 Å². The number of rotatable bonds is 7. The Morgan fingerprint density at radius 3 is 2.48 bits per heavy atom. The molecule has 29 heavy (non-hydrogen) atoms. The largest absolute Gasteiger partial charge is 0.462 e. The molecule has 0 spiro atoms. The third kappa shape index (κ3) is 5.27. The lowest BCUT2D eigenvalue weighted by Gasteiger charge is -2.30. The summed E-state index contributed by atoms with van der Waals surface area (Å²) < 4.78 is 38.7. The second kappa shape index (κ2) is 9.28. The van der Waals surface area contributed by atoms with Gasteiger partial charge in [-0.15, -0.1) is 0 Å². The van der Waals surface area contributed by atoms with Gasteiger partial charge in [0.05, 0.1) is 36.0 Å². The van der Waals surface area contributed by atoms with Crippen LogP contribution in [0.4, 0.5) is 11.4 Å². The average Bonchev–Trinajstić information content (AvgIpc) is 2.72. The molecule has 0 aromatic heterocycles. The molecule has 1 N–H and O–H groups in total. The molecule has 0 amide bonds. The van der Waals surface area contributed by atoms with Gasteiger partial charge >= 0.3 is 5.97 Å². The fourth-order valence-electron chi connectivity index (χ4n) is 3.05. The molecule has 0 saturated carbocycles. The number of benzene rings is 2. The highest BCUT2D eigenvalue weighted by molar-refractivity contribution is 7.92. The quantitative estimate of drug-likeness (QED) is 0.695. The van der Waals surface area contributed by atoms with E-state index in [1.54, 1.807) is 36.4 Å². The van der Waals surface area contributed by atoms with Gasteiger partial charge in [-0.25, -0.2) is 13.2 Å². The summed E-state index contributed by atoms with van der Waals surface area (Å²) in [7, 11) is -3.76. The maximum Gasteiger partial charge on any atom is 0.340 e. The van der Waals surface area contributed by atoms with Crippen LogP contribution >= 0.6 is 0 Å². The van der Waals surface area contributed by atoms with Gasteiger partial charge in [0, 0.05) is 18.8 Å². The van der Waals surface area contributed by atoms with E-state index in [1.165, 1.54) is 6.07 Å². The molecule has 0 bridgehead atoms. The molecule has 0 aliphatic carbocycles. The number of nitrogens with one attached hydrogen (secondary N) is 1. The van der Waals surface area contributed by atoms with E-state index in [9.17, 15) is 13.2 Å². The summed E-state index contributed by atoms with van der Waals surface area (Å²) in [6.45, 7) is 6.58. The smallest absolute Gasteiger partial charge is 0.340 e. The zero-order chi connectivity index (χ0) is 20.9. The minimum Gasteiger partial charge on any atom is -0.462 e. The Labute approximate surface area is 171 Å². The SMILES string of the molecule is CCCOC(=O)c1cc(NS(=O)(=O)c2ccc(C)cc2)ccc1N1CCOCC1. The average molecular weight is 419 g/mol. The zero-order valence-corrected chi connectivity index (χ0v) is 17.5. The van der Waals surface area contributed by atoms with E-state index in [4.69, 9.17) is 9.47 Å². The second-order valence-corrected chi connectivity index (χ2v) is 8.57. The summed E-state index contributed by atoms with van der Waals surface area (Å²) in [6, 6.07) is 11.5. The maximum atomic E-state index is 12.7. The number of anilines is 2. The van der Waals surface area contributed by atoms with Crippen molar-refractivity contribution in [3.8, 4) is 0 Å². The van der Waals surface area contributed by atoms with Crippen molar-refractivity contribution < 1.29 is 22.7 Å². The van der Waals surface area contributed by atoms with Crippen molar-refractivity contribution in [2.45, 2.75) is 25.2 Å². The van der Waals surface area contributed by atoms with Crippen LogP contribution in [0.5, 0.6) is 0 Å². The standard InChI is InChI=1S/C21H26N2O5S/c1-3-12-28-21(24)19-15-17(6-9-20(19)23-10-13-27-14-11-23)22-29(25,26)18-7-4-16(2)5-8-18/h4-9,15,22H,3,10-14H2,1-2H3. The lowest BCUT2D eigenvalue weighted by Crippen LogP contribution is -2.37. The van der Waals surface area contributed by atoms with Crippen LogP contribution in [0.3, 0.4) is 0 Å². The Morgan fingerprint density at radius 2 is 1.83 bits per heavy atom. The number of hydrogen-bond acceptors (Lipinski definition) is 6. The molecule has 1 aliphatic rings. The third-order valence-corrected chi connectivity index (χ3v) is 5.99. The summed E-state index contributed by atoms with van der Waals surface area (Å²) >= 11 is 0. The predicted octanol–water partition coefficient (Wildman–Crippen LogP) is 3.20. The summed E-state index contributed by atoms with van der Waals surface area (Å²) in [5.74, 6) is -0.468. The molecule has 3 rings (SSSR count). The maximum absolute atomic E-state index is 12.7. The number of hydrogen-bond donors (Lipinski definition) is 1. The Bertz CT molecular complexity index is 952. The van der Waals surface area contributed by atoms with Gasteiger partial charge in [-0.05, 0) is 43.7 Å². The number of aryl methyl sites for hydroxylation is 1. The van der Waals surface area contributed by atoms with Crippen LogP contribution in [0.1, 0.15) is 29.3 Å². The van der Waals surface area contributed by atoms with E-state index in [0.717, 1.165) is 5.56 Å². The van der Waals surface area contributed by atoms with Crippen LogP contribution in [0.2, 0.25) is 0 Å². The van der Waals surface area contributed by atoms with Crippen LogP contribution in [0.15, 0.2) is 47.4 Å². The highest BCUT2D eigenvalue weighted by atomic mass is 32.2. The molecule has 2 aromatic carbocycles. The molecule has 1 saturated heterocycles. The van der Waals surface area contributed by atoms with Gasteiger partial charge in [-0.2, -0.15) is 0 Å². The van der Waals surface area contributed by atoms with Crippen molar-refractivity contribution in [1.29, 1.82) is 0 Å². The van der Waals surface area contributed by atoms with E-state index in [0.29, 0.717) is 56.3 Å². The minimum absolute atomic E-state index is 0.162. The number of carbonyl (C=O) groups is 1. The van der Waals surface area contributed by atoms with Crippen LogP contribution in [-0.2, 0) is 19.5 Å². The van der Waals surface area contributed by atoms with Gasteiger partial charge in [0.2, 0.25) is 0 Å². The van der Waals surface area contributed by atoms with Gasteiger partial charge in [-0.1, -0.05) is 24.6 Å². The van der Waals surface area contributed by atoms with E-state index in [-0.39, 0.29) is 4.90 Å². The molecule has 0 atom stereocenters. The van der Waals surface area contributed by atoms with Crippen molar-refractivity contribution in [1.82, 2.24) is 0 Å². The van der Waals surface area contributed by atoms with Crippen molar-refractivity contribution in [2.75, 3.05) is 42.5 Å². The lowest BCUT2D eigenvalue weighted by molar-refractivity contribution is 0.0505. The lowest BCUT2D eigenvalue weighted by atomic mass is 10.1. The van der Waals surface area contributed by atoms with Gasteiger partial charge in [-0.3, -0.25) is 4.72 Å². The molecular formula is C21H26N2O5S. The number of nitrogens with zero attached hydrogens (tertiary/aromatic N) is 1. The molecule has 2 aromatic rings. The molecule has 1 fully saturated rings. The normalized spacial score (nSPS) is 14.5. The first kappa shape index (κ1) is 21.1. The molecule has 0 unspecified atom stereocenters. The number of carbonyl (C=O) groups excluding carboxylic acids is 1. The first-order valence-corrected chi connectivity index (χ1v) is 11.1. The Morgan fingerprint density at radius 1 is 1.14 bits per heavy atom. The van der Waals surface area contributed by atoms with E-state index in [2.05, 4.69) is 4.72 Å². The van der Waals surface area contributed by atoms with Crippen LogP contribution < -0.4 is 9.62 Å². The predicted molar refractivity (Wildman–Crippen MR) is 112 cm³/mol. The van der Waals surface area contributed by atoms with Crippen molar-refractivity contribution >= 4 is 27.4 Å². The summed E-state index contributed by atoms with van der Waals surface area (Å²) in [4.78, 5) is 14.8. The van der Waals surface area contributed by atoms with Gasteiger partial charge in [0.1, 0.15) is 0 Å². The fraction of sp³-hybridized carbons (Fsp3) is 0.381. The third-order valence-electron chi connectivity index (χ3n) is 4.59. The molecule has 1 heterocycles. The fourth-order valence-corrected chi connectivity index (χ4v) is 4.10. The van der Waals surface area contributed by atoms with Crippen molar-refractivity contribution in [3.63, 3.8) is 0 Å². The monoisotopic (exact) mass is 418 g/mol. The van der Waals surface area contributed by atoms with Crippen molar-refractivity contribution in [2.24, 2.45) is 0 Å². The van der Waals surface area contributed by atoms with Gasteiger partial charge in [0.25, 0.3) is 10.0 Å². The van der Waals surface area contributed by atoms with Crippen LogP contribution in [0, 0.1) is 6.92 Å². The minimum atomic E-state index is -3.76. The molecule has 1 aliphatic heterocycles. The van der Waals surface area contributed by atoms with E-state index in [1.807, 2.05) is 18.7 Å². The molecule has 156 valence electrons. The molecular weight excluding hydrogens is 392 g/mol. The molecule has 7 nitrogen and oxygen atoms in total. The Balaban J connectivity index is 1.91. The van der Waals surface area contributed by atoms with E-state index < -0.39 is 16.0 Å². The van der Waals surface area contributed by atoms with Crippen LogP contribution in [-0.4, -0.2) is 47.3 Å². The van der Waals surface area contributed by atoms with E-state index >= 15 is 0 Å².